The van der Waals surface area contributed by atoms with E-state index in [1.807, 2.05) is 20.9 Å². The van der Waals surface area contributed by atoms with Crippen molar-refractivity contribution < 1.29 is 17.6 Å². The fraction of sp³-hybridized carbons (Fsp3) is 0.500. The van der Waals surface area contributed by atoms with Gasteiger partial charge in [-0.1, -0.05) is 17.7 Å². The molecule has 178 valence electrons. The predicted molar refractivity (Wildman–Crippen MR) is 127 cm³/mol. The molecule has 1 aromatic carbocycles. The van der Waals surface area contributed by atoms with E-state index in [0.29, 0.717) is 30.1 Å². The van der Waals surface area contributed by atoms with Crippen LogP contribution in [0.15, 0.2) is 38.7 Å². The number of aryl methyl sites for hydroxylation is 2. The van der Waals surface area contributed by atoms with Gasteiger partial charge in [0.25, 0.3) is 15.9 Å². The quantitative estimate of drug-likeness (QED) is 0.675. The van der Waals surface area contributed by atoms with Gasteiger partial charge in [-0.05, 0) is 71.8 Å². The molecule has 1 amide bonds. The zero-order valence-electron chi connectivity index (χ0n) is 19.7. The number of benzene rings is 1. The van der Waals surface area contributed by atoms with Crippen LogP contribution in [-0.4, -0.2) is 63.1 Å². The van der Waals surface area contributed by atoms with Crippen LogP contribution in [0.25, 0.3) is 0 Å². The molecular weight excluding hydrogens is 440 g/mol. The van der Waals surface area contributed by atoms with E-state index < -0.39 is 10.0 Å². The number of likely N-dealkylation sites (tertiary alicyclic amines) is 1. The van der Waals surface area contributed by atoms with Gasteiger partial charge in [-0.2, -0.15) is 18.4 Å². The fourth-order valence-corrected chi connectivity index (χ4v) is 5.41. The molecule has 1 saturated heterocycles. The first-order valence-electron chi connectivity index (χ1n) is 11.4. The standard InChI is InChI=1S/C24H32N4O4S/c1-16-8-10-19(11-9-16)33(30,31)26-25-20-6-5-7-21-22(20)17(2)23(32-21)24(29)28(4)18-12-14-27(3)15-13-18/h8-11,18,26H,5-7,12-15H2,1-4H3/b25-20+. The SMILES string of the molecule is Cc1ccc(S(=O)(=O)N/N=C2\CCCc3oc(C(=O)N(C)C4CCN(C)CC4)c(C)c32)cc1. The zero-order chi connectivity index (χ0) is 23.8. The summed E-state index contributed by atoms with van der Waals surface area (Å²) in [6.45, 7) is 5.69. The van der Waals surface area contributed by atoms with E-state index in [2.05, 4.69) is 21.9 Å². The largest absolute Gasteiger partial charge is 0.455 e. The molecule has 1 aliphatic heterocycles. The van der Waals surface area contributed by atoms with E-state index in [4.69, 9.17) is 4.42 Å². The van der Waals surface area contributed by atoms with Crippen molar-refractivity contribution in [2.24, 2.45) is 5.10 Å². The number of nitrogens with zero attached hydrogens (tertiary/aromatic N) is 3. The van der Waals surface area contributed by atoms with Crippen LogP contribution >= 0.6 is 0 Å². The van der Waals surface area contributed by atoms with Crippen molar-refractivity contribution >= 4 is 21.6 Å². The number of amides is 1. The zero-order valence-corrected chi connectivity index (χ0v) is 20.5. The number of rotatable bonds is 5. The minimum atomic E-state index is -3.78. The van der Waals surface area contributed by atoms with E-state index in [1.54, 1.807) is 29.2 Å². The molecule has 4 rings (SSSR count). The third-order valence-corrected chi connectivity index (χ3v) is 7.93. The first-order valence-corrected chi connectivity index (χ1v) is 12.9. The summed E-state index contributed by atoms with van der Waals surface area (Å²) in [6, 6.07) is 6.80. The van der Waals surface area contributed by atoms with Gasteiger partial charge < -0.3 is 14.2 Å². The van der Waals surface area contributed by atoms with Crippen molar-refractivity contribution in [1.82, 2.24) is 14.6 Å². The number of nitrogens with one attached hydrogen (secondary N) is 1. The molecule has 2 heterocycles. The Kier molecular flexibility index (Phi) is 6.63. The molecule has 1 fully saturated rings. The second-order valence-corrected chi connectivity index (χ2v) is 10.8. The van der Waals surface area contributed by atoms with Crippen LogP contribution in [0.3, 0.4) is 0 Å². The first-order chi connectivity index (χ1) is 15.7. The van der Waals surface area contributed by atoms with Crippen molar-refractivity contribution in [3.63, 3.8) is 0 Å². The third-order valence-electron chi connectivity index (χ3n) is 6.71. The van der Waals surface area contributed by atoms with Gasteiger partial charge in [-0.25, -0.2) is 0 Å². The van der Waals surface area contributed by atoms with Crippen LogP contribution in [0.4, 0.5) is 0 Å². The number of hydrogen-bond acceptors (Lipinski definition) is 6. The Balaban J connectivity index is 1.57. The number of fused-ring (bicyclic) bond motifs is 1. The lowest BCUT2D eigenvalue weighted by molar-refractivity contribution is 0.0625. The van der Waals surface area contributed by atoms with Gasteiger partial charge in [0.1, 0.15) is 5.76 Å². The molecule has 0 atom stereocenters. The maximum atomic E-state index is 13.3. The highest BCUT2D eigenvalue weighted by Crippen LogP contribution is 2.31. The molecule has 8 nitrogen and oxygen atoms in total. The molecule has 0 radical (unpaired) electrons. The van der Waals surface area contributed by atoms with Crippen molar-refractivity contribution in [3.05, 3.63) is 52.5 Å². The summed E-state index contributed by atoms with van der Waals surface area (Å²) in [6.07, 6.45) is 3.97. The van der Waals surface area contributed by atoms with E-state index in [-0.39, 0.29) is 16.8 Å². The van der Waals surface area contributed by atoms with E-state index in [9.17, 15) is 13.2 Å². The van der Waals surface area contributed by atoms with Crippen LogP contribution in [0.2, 0.25) is 0 Å². The topological polar surface area (TPSA) is 95.2 Å². The number of furan rings is 1. The van der Waals surface area contributed by atoms with Gasteiger partial charge in [0, 0.05) is 30.6 Å². The van der Waals surface area contributed by atoms with Crippen LogP contribution < -0.4 is 4.83 Å². The molecule has 0 spiro atoms. The number of hydrazone groups is 1. The van der Waals surface area contributed by atoms with E-state index >= 15 is 0 Å². The summed E-state index contributed by atoms with van der Waals surface area (Å²) < 4.78 is 31.4. The lowest BCUT2D eigenvalue weighted by atomic mass is 9.93. The first kappa shape index (κ1) is 23.5. The van der Waals surface area contributed by atoms with Crippen LogP contribution in [0, 0.1) is 13.8 Å². The molecule has 33 heavy (non-hydrogen) atoms. The molecule has 1 aliphatic carbocycles. The van der Waals surface area contributed by atoms with Crippen molar-refractivity contribution in [2.45, 2.75) is 56.9 Å². The minimum absolute atomic E-state index is 0.129. The van der Waals surface area contributed by atoms with Gasteiger partial charge >= 0.3 is 0 Å². The highest BCUT2D eigenvalue weighted by atomic mass is 32.2. The molecule has 1 N–H and O–H groups in total. The van der Waals surface area contributed by atoms with Gasteiger partial charge in [0.15, 0.2) is 5.76 Å². The number of piperidine rings is 1. The second-order valence-electron chi connectivity index (χ2n) is 9.12. The van der Waals surface area contributed by atoms with Gasteiger partial charge in [-0.3, -0.25) is 4.79 Å². The molecule has 2 aliphatic rings. The molecule has 2 aromatic rings. The average molecular weight is 473 g/mol. The minimum Gasteiger partial charge on any atom is -0.455 e. The van der Waals surface area contributed by atoms with Gasteiger partial charge in [0.2, 0.25) is 0 Å². The van der Waals surface area contributed by atoms with Crippen LogP contribution in [0.5, 0.6) is 0 Å². The van der Waals surface area contributed by atoms with Gasteiger partial charge in [0.05, 0.1) is 10.6 Å². The molecule has 1 aromatic heterocycles. The molecule has 9 heteroatoms. The Morgan fingerprint density at radius 2 is 1.82 bits per heavy atom. The summed E-state index contributed by atoms with van der Waals surface area (Å²) in [5.74, 6) is 0.903. The molecule has 0 saturated carbocycles. The normalized spacial score (nSPS) is 18.8. The molecule has 0 unspecified atom stereocenters. The summed E-state index contributed by atoms with van der Waals surface area (Å²) in [7, 11) is 0.150. The average Bonchev–Trinajstić information content (AvgIpc) is 3.14. The number of sulfonamides is 1. The van der Waals surface area contributed by atoms with Crippen LogP contribution in [0.1, 0.15) is 58.7 Å². The van der Waals surface area contributed by atoms with Crippen LogP contribution in [-0.2, 0) is 16.4 Å². The lowest BCUT2D eigenvalue weighted by Gasteiger charge is -2.34. The Labute approximate surface area is 195 Å². The van der Waals surface area contributed by atoms with E-state index in [1.165, 1.54) is 0 Å². The summed E-state index contributed by atoms with van der Waals surface area (Å²) in [5, 5.41) is 4.26. The third kappa shape index (κ3) is 4.84. The summed E-state index contributed by atoms with van der Waals surface area (Å²) in [4.78, 5) is 19.9. The van der Waals surface area contributed by atoms with Gasteiger partial charge in [-0.15, -0.1) is 0 Å². The maximum Gasteiger partial charge on any atom is 0.289 e. The summed E-state index contributed by atoms with van der Waals surface area (Å²) >= 11 is 0. The summed E-state index contributed by atoms with van der Waals surface area (Å²) in [5.41, 5.74) is 3.07. The Bertz CT molecular complexity index is 1160. The highest BCUT2D eigenvalue weighted by Gasteiger charge is 2.32. The number of carbonyl (C=O) groups is 1. The maximum absolute atomic E-state index is 13.3. The number of hydrogen-bond donors (Lipinski definition) is 1. The predicted octanol–water partition coefficient (Wildman–Crippen LogP) is 3.08. The smallest absolute Gasteiger partial charge is 0.289 e. The lowest BCUT2D eigenvalue weighted by Crippen LogP contribution is -2.44. The number of carbonyl (C=O) groups excluding carboxylic acids is 1. The Morgan fingerprint density at radius 1 is 1.15 bits per heavy atom. The molecular formula is C24H32N4O4S. The second kappa shape index (κ2) is 9.30. The van der Waals surface area contributed by atoms with E-state index in [0.717, 1.165) is 49.0 Å². The van der Waals surface area contributed by atoms with Crippen molar-refractivity contribution in [1.29, 1.82) is 0 Å². The van der Waals surface area contributed by atoms with Crippen molar-refractivity contribution in [3.8, 4) is 0 Å². The highest BCUT2D eigenvalue weighted by molar-refractivity contribution is 7.89. The monoisotopic (exact) mass is 472 g/mol. The fourth-order valence-electron chi connectivity index (χ4n) is 4.58. The Hall–Kier alpha value is -2.65. The van der Waals surface area contributed by atoms with Crippen molar-refractivity contribution in [2.75, 3.05) is 27.2 Å². The molecule has 0 bridgehead atoms. The Morgan fingerprint density at radius 3 is 2.48 bits per heavy atom.